The largest absolute Gasteiger partial charge is 0.273 e. The van der Waals surface area contributed by atoms with Gasteiger partial charge >= 0.3 is 0 Å². The molecular weight excluding hydrogens is 322 g/mol. The van der Waals surface area contributed by atoms with Crippen LogP contribution in [-0.2, 0) is 5.92 Å². The van der Waals surface area contributed by atoms with Crippen LogP contribution in [0, 0.1) is 0 Å². The molecule has 0 N–H and O–H groups in total. The van der Waals surface area contributed by atoms with E-state index in [1.165, 1.54) is 12.1 Å². The van der Waals surface area contributed by atoms with Gasteiger partial charge in [0.15, 0.2) is 0 Å². The van der Waals surface area contributed by atoms with E-state index in [-0.39, 0.29) is 12.0 Å². The van der Waals surface area contributed by atoms with Crippen molar-refractivity contribution in [2.75, 3.05) is 0 Å². The lowest BCUT2D eigenvalue weighted by molar-refractivity contribution is -0.0158. The average Bonchev–Trinajstić information content (AvgIpc) is 2.32. The highest BCUT2D eigenvalue weighted by Gasteiger charge is 2.31. The van der Waals surface area contributed by atoms with Crippen molar-refractivity contribution in [1.82, 2.24) is 0 Å². The van der Waals surface area contributed by atoms with Crippen molar-refractivity contribution in [3.05, 3.63) is 33.3 Å². The standard InChI is InChI=1S/C14H18BrClF2/c1-2-3-4-5-6-9-14(17,18)11-7-8-12(15)13(16)10-11/h7-8,10H,2-6,9H2,1H3. The molecular formula is C14H18BrClF2. The van der Waals surface area contributed by atoms with Gasteiger partial charge in [0.05, 0.1) is 5.02 Å². The molecule has 0 amide bonds. The fraction of sp³-hybridized carbons (Fsp3) is 0.571. The minimum Gasteiger partial charge on any atom is -0.201 e. The van der Waals surface area contributed by atoms with Gasteiger partial charge in [0.25, 0.3) is 5.92 Å². The van der Waals surface area contributed by atoms with Crippen LogP contribution in [0.5, 0.6) is 0 Å². The molecule has 0 aliphatic rings. The van der Waals surface area contributed by atoms with E-state index in [1.807, 2.05) is 0 Å². The van der Waals surface area contributed by atoms with Gasteiger partial charge in [0.2, 0.25) is 0 Å². The third-order valence-corrected chi connectivity index (χ3v) is 4.17. The number of hydrogen-bond donors (Lipinski definition) is 0. The zero-order valence-electron chi connectivity index (χ0n) is 10.5. The normalized spacial score (nSPS) is 11.8. The molecule has 0 aliphatic heterocycles. The molecule has 0 atom stereocenters. The van der Waals surface area contributed by atoms with Gasteiger partial charge in [-0.05, 0) is 34.5 Å². The molecule has 0 fully saturated rings. The SMILES string of the molecule is CCCCCCCC(F)(F)c1ccc(Br)c(Cl)c1. The van der Waals surface area contributed by atoms with E-state index in [2.05, 4.69) is 22.9 Å². The highest BCUT2D eigenvalue weighted by molar-refractivity contribution is 9.10. The highest BCUT2D eigenvalue weighted by Crippen LogP contribution is 2.36. The van der Waals surface area contributed by atoms with E-state index >= 15 is 0 Å². The van der Waals surface area contributed by atoms with E-state index in [1.54, 1.807) is 6.07 Å². The van der Waals surface area contributed by atoms with Crippen LogP contribution in [0.25, 0.3) is 0 Å². The molecule has 18 heavy (non-hydrogen) atoms. The topological polar surface area (TPSA) is 0 Å². The Labute approximate surface area is 121 Å². The van der Waals surface area contributed by atoms with E-state index in [0.717, 1.165) is 25.7 Å². The maximum Gasteiger partial charge on any atom is 0.273 e. The first-order chi connectivity index (χ1) is 8.47. The van der Waals surface area contributed by atoms with E-state index in [0.29, 0.717) is 15.9 Å². The van der Waals surface area contributed by atoms with E-state index in [4.69, 9.17) is 11.6 Å². The number of rotatable bonds is 7. The first-order valence-electron chi connectivity index (χ1n) is 6.30. The third-order valence-electron chi connectivity index (χ3n) is 2.94. The van der Waals surface area contributed by atoms with Crippen molar-refractivity contribution in [1.29, 1.82) is 0 Å². The van der Waals surface area contributed by atoms with Gasteiger partial charge in [0.1, 0.15) is 0 Å². The average molecular weight is 340 g/mol. The molecule has 0 aromatic heterocycles. The summed E-state index contributed by atoms with van der Waals surface area (Å²) in [7, 11) is 0. The van der Waals surface area contributed by atoms with Gasteiger partial charge in [-0.25, -0.2) is 8.78 Å². The molecule has 1 rings (SSSR count). The summed E-state index contributed by atoms with van der Waals surface area (Å²) >= 11 is 9.04. The summed E-state index contributed by atoms with van der Waals surface area (Å²) in [4.78, 5) is 0. The fourth-order valence-electron chi connectivity index (χ4n) is 1.82. The van der Waals surface area contributed by atoms with Crippen molar-refractivity contribution >= 4 is 27.5 Å². The van der Waals surface area contributed by atoms with Gasteiger partial charge in [0, 0.05) is 16.5 Å². The Balaban J connectivity index is 2.54. The number of benzene rings is 1. The van der Waals surface area contributed by atoms with Gasteiger partial charge in [-0.3, -0.25) is 0 Å². The number of hydrogen-bond acceptors (Lipinski definition) is 0. The van der Waals surface area contributed by atoms with Crippen molar-refractivity contribution in [2.45, 2.75) is 51.4 Å². The monoisotopic (exact) mass is 338 g/mol. The highest BCUT2D eigenvalue weighted by atomic mass is 79.9. The molecule has 0 radical (unpaired) electrons. The lowest BCUT2D eigenvalue weighted by atomic mass is 10.0. The Morgan fingerprint density at radius 3 is 2.44 bits per heavy atom. The second kappa shape index (κ2) is 7.44. The Bertz CT molecular complexity index is 380. The minimum atomic E-state index is -2.78. The number of unbranched alkanes of at least 4 members (excludes halogenated alkanes) is 4. The number of halogens is 4. The molecule has 0 unspecified atom stereocenters. The van der Waals surface area contributed by atoms with Crippen LogP contribution < -0.4 is 0 Å². The molecule has 0 saturated heterocycles. The molecule has 102 valence electrons. The molecule has 1 aromatic carbocycles. The van der Waals surface area contributed by atoms with E-state index in [9.17, 15) is 8.78 Å². The molecule has 0 aliphatic carbocycles. The van der Waals surface area contributed by atoms with Gasteiger partial charge in [-0.1, -0.05) is 50.3 Å². The summed E-state index contributed by atoms with van der Waals surface area (Å²) in [5.41, 5.74) is 0.00573. The zero-order chi connectivity index (χ0) is 13.6. The third kappa shape index (κ3) is 4.85. The molecule has 0 spiro atoms. The maximum absolute atomic E-state index is 13.9. The predicted molar refractivity (Wildman–Crippen MR) is 76.4 cm³/mol. The summed E-state index contributed by atoms with van der Waals surface area (Å²) in [6, 6.07) is 4.35. The first kappa shape index (κ1) is 15.9. The predicted octanol–water partition coefficient (Wildman–Crippen LogP) is 6.55. The van der Waals surface area contributed by atoms with Crippen LogP contribution in [0.2, 0.25) is 5.02 Å². The Kier molecular flexibility index (Phi) is 6.58. The van der Waals surface area contributed by atoms with Crippen LogP contribution in [0.3, 0.4) is 0 Å². The lowest BCUT2D eigenvalue weighted by Gasteiger charge is -2.17. The van der Waals surface area contributed by atoms with Gasteiger partial charge < -0.3 is 0 Å². The smallest absolute Gasteiger partial charge is 0.201 e. The van der Waals surface area contributed by atoms with Gasteiger partial charge in [-0.2, -0.15) is 0 Å². The minimum absolute atomic E-state index is 0.00573. The summed E-state index contributed by atoms with van der Waals surface area (Å²) < 4.78 is 28.5. The van der Waals surface area contributed by atoms with Crippen molar-refractivity contribution in [2.24, 2.45) is 0 Å². The molecule has 0 saturated carbocycles. The van der Waals surface area contributed by atoms with E-state index < -0.39 is 5.92 Å². The second-order valence-corrected chi connectivity index (χ2v) is 5.76. The van der Waals surface area contributed by atoms with Crippen molar-refractivity contribution < 1.29 is 8.78 Å². The molecule has 4 heteroatoms. The second-order valence-electron chi connectivity index (χ2n) is 4.50. The Morgan fingerprint density at radius 2 is 1.83 bits per heavy atom. The van der Waals surface area contributed by atoms with Crippen molar-refractivity contribution in [3.8, 4) is 0 Å². The van der Waals surface area contributed by atoms with Crippen LogP contribution in [0.4, 0.5) is 8.78 Å². The Hall–Kier alpha value is -0.150. The summed E-state index contributed by atoms with van der Waals surface area (Å²) in [6.45, 7) is 2.11. The maximum atomic E-state index is 13.9. The van der Waals surface area contributed by atoms with Crippen LogP contribution in [0.15, 0.2) is 22.7 Å². The zero-order valence-corrected chi connectivity index (χ0v) is 12.8. The summed E-state index contributed by atoms with van der Waals surface area (Å²) in [6.07, 6.45) is 4.60. The van der Waals surface area contributed by atoms with Crippen LogP contribution in [-0.4, -0.2) is 0 Å². The Morgan fingerprint density at radius 1 is 1.17 bits per heavy atom. The molecule has 0 bridgehead atoms. The first-order valence-corrected chi connectivity index (χ1v) is 7.48. The quantitative estimate of drug-likeness (QED) is 0.494. The molecule has 1 aromatic rings. The summed E-state index contributed by atoms with van der Waals surface area (Å²) in [5.74, 6) is -2.78. The molecule has 0 nitrogen and oxygen atoms in total. The van der Waals surface area contributed by atoms with Gasteiger partial charge in [-0.15, -0.1) is 0 Å². The lowest BCUT2D eigenvalue weighted by Crippen LogP contribution is -2.13. The fourth-order valence-corrected chi connectivity index (χ4v) is 2.25. The van der Waals surface area contributed by atoms with Crippen LogP contribution >= 0.6 is 27.5 Å². The molecule has 0 heterocycles. The van der Waals surface area contributed by atoms with Crippen LogP contribution in [0.1, 0.15) is 51.0 Å². The number of alkyl halides is 2. The summed E-state index contributed by atoms with van der Waals surface area (Å²) in [5, 5.41) is 0.332. The van der Waals surface area contributed by atoms with Crippen molar-refractivity contribution in [3.63, 3.8) is 0 Å².